The van der Waals surface area contributed by atoms with Crippen LogP contribution in [0.1, 0.15) is 0 Å². The lowest BCUT2D eigenvalue weighted by molar-refractivity contribution is 0.976. The Bertz CT molecular complexity index is 351. The lowest BCUT2D eigenvalue weighted by Crippen LogP contribution is -2.06. The molecule has 2 aromatic heterocycles. The molecule has 4 nitrogen and oxygen atoms in total. The Hall–Kier alpha value is -1.58. The molecule has 2 N–H and O–H groups in total. The molecule has 0 spiro atoms. The Kier molecular flexibility index (Phi) is 0.887. The molecule has 10 heavy (non-hydrogen) atoms. The van der Waals surface area contributed by atoms with Crippen molar-refractivity contribution >= 4 is 11.0 Å². The van der Waals surface area contributed by atoms with E-state index in [0.717, 1.165) is 5.39 Å². The highest BCUT2D eigenvalue weighted by atomic mass is 15.3. The molecule has 0 aromatic carbocycles. The Morgan fingerprint density at radius 2 is 2.30 bits per heavy atom. The third kappa shape index (κ3) is 0.556. The van der Waals surface area contributed by atoms with Crippen molar-refractivity contribution in [1.82, 2.24) is 14.9 Å². The summed E-state index contributed by atoms with van der Waals surface area (Å²) in [6.45, 7) is 0. The zero-order chi connectivity index (χ0) is 6.97. The van der Waals surface area contributed by atoms with Gasteiger partial charge in [0.05, 0.1) is 6.20 Å². The summed E-state index contributed by atoms with van der Waals surface area (Å²) in [5, 5.41) is 8.54. The molecule has 0 unspecified atom stereocenters. The largest absolute Gasteiger partial charge is 0.338 e. The van der Waals surface area contributed by atoms with Crippen LogP contribution in [0.5, 0.6) is 0 Å². The van der Waals surface area contributed by atoms with Gasteiger partial charge in [0, 0.05) is 11.6 Å². The predicted octanol–water partition coefficient (Wildman–Crippen LogP) is 0.145. The molecular weight excluding hydrogens is 128 g/mol. The van der Waals surface area contributed by atoms with Gasteiger partial charge < -0.3 is 5.84 Å². The lowest BCUT2D eigenvalue weighted by atomic mass is 10.4. The van der Waals surface area contributed by atoms with Gasteiger partial charge >= 0.3 is 0 Å². The van der Waals surface area contributed by atoms with Crippen LogP contribution in [0, 0.1) is 0 Å². The summed E-state index contributed by atoms with van der Waals surface area (Å²) in [6, 6.07) is 3.76. The quantitative estimate of drug-likeness (QED) is 0.521. The average Bonchev–Trinajstić information content (AvgIpc) is 2.34. The van der Waals surface area contributed by atoms with Crippen LogP contribution in [-0.2, 0) is 0 Å². The van der Waals surface area contributed by atoms with Crippen LogP contribution in [0.25, 0.3) is 11.0 Å². The van der Waals surface area contributed by atoms with Gasteiger partial charge in [-0.25, -0.2) is 0 Å². The van der Waals surface area contributed by atoms with Crippen molar-refractivity contribution < 1.29 is 0 Å². The minimum absolute atomic E-state index is 0.711. The summed E-state index contributed by atoms with van der Waals surface area (Å²) in [5.74, 6) is 5.49. The van der Waals surface area contributed by atoms with Gasteiger partial charge in [0.15, 0.2) is 5.65 Å². The van der Waals surface area contributed by atoms with Crippen LogP contribution >= 0.6 is 0 Å². The molecule has 50 valence electrons. The second-order valence-corrected chi connectivity index (χ2v) is 2.03. The topological polar surface area (TPSA) is 56.7 Å². The molecule has 0 atom stereocenters. The summed E-state index contributed by atoms with van der Waals surface area (Å²) < 4.78 is 1.45. The summed E-state index contributed by atoms with van der Waals surface area (Å²) in [4.78, 5) is 0. The van der Waals surface area contributed by atoms with Crippen LogP contribution in [0.15, 0.2) is 24.5 Å². The molecule has 0 saturated carbocycles. The third-order valence-electron chi connectivity index (χ3n) is 1.39. The summed E-state index contributed by atoms with van der Waals surface area (Å²) in [7, 11) is 0. The highest BCUT2D eigenvalue weighted by molar-refractivity contribution is 5.74. The van der Waals surface area contributed by atoms with Gasteiger partial charge in [-0.1, -0.05) is 0 Å². The molecule has 0 bridgehead atoms. The Labute approximate surface area is 57.2 Å². The van der Waals surface area contributed by atoms with Crippen LogP contribution in [0.2, 0.25) is 0 Å². The van der Waals surface area contributed by atoms with E-state index < -0.39 is 0 Å². The fourth-order valence-corrected chi connectivity index (χ4v) is 0.896. The SMILES string of the molecule is Nn1ccc2ccnnc21. The molecule has 0 amide bonds. The average molecular weight is 134 g/mol. The second kappa shape index (κ2) is 1.70. The van der Waals surface area contributed by atoms with Crippen molar-refractivity contribution in [2.45, 2.75) is 0 Å². The first kappa shape index (κ1) is 5.22. The van der Waals surface area contributed by atoms with Crippen molar-refractivity contribution in [3.8, 4) is 0 Å². The monoisotopic (exact) mass is 134 g/mol. The Morgan fingerprint density at radius 3 is 3.10 bits per heavy atom. The molecule has 0 aliphatic heterocycles. The Balaban J connectivity index is 2.93. The number of aromatic nitrogens is 3. The second-order valence-electron chi connectivity index (χ2n) is 2.03. The summed E-state index contributed by atoms with van der Waals surface area (Å²) >= 11 is 0. The van der Waals surface area contributed by atoms with Crippen molar-refractivity contribution in [1.29, 1.82) is 0 Å². The normalized spacial score (nSPS) is 10.4. The number of hydrogen-bond donors (Lipinski definition) is 1. The first-order chi connectivity index (χ1) is 4.88. The number of rotatable bonds is 0. The molecule has 0 radical (unpaired) electrons. The molecular formula is C6H6N4. The Morgan fingerprint density at radius 1 is 1.40 bits per heavy atom. The lowest BCUT2D eigenvalue weighted by Gasteiger charge is -1.90. The van der Waals surface area contributed by atoms with E-state index in [4.69, 9.17) is 5.84 Å². The van der Waals surface area contributed by atoms with Gasteiger partial charge in [0.2, 0.25) is 0 Å². The first-order valence-electron chi connectivity index (χ1n) is 2.92. The predicted molar refractivity (Wildman–Crippen MR) is 37.7 cm³/mol. The maximum atomic E-state index is 5.49. The van der Waals surface area contributed by atoms with E-state index in [9.17, 15) is 0 Å². The van der Waals surface area contributed by atoms with Crippen molar-refractivity contribution in [2.75, 3.05) is 5.84 Å². The van der Waals surface area contributed by atoms with Gasteiger partial charge in [-0.2, -0.15) is 5.10 Å². The number of nitrogen functional groups attached to an aromatic ring is 1. The number of fused-ring (bicyclic) bond motifs is 1. The molecule has 0 aliphatic carbocycles. The van der Waals surface area contributed by atoms with E-state index in [2.05, 4.69) is 10.2 Å². The summed E-state index contributed by atoms with van der Waals surface area (Å²) in [5.41, 5.74) is 0.711. The number of nitrogens with two attached hydrogens (primary N) is 1. The van der Waals surface area contributed by atoms with Crippen LogP contribution < -0.4 is 5.84 Å². The number of nitrogens with zero attached hydrogens (tertiary/aromatic N) is 3. The van der Waals surface area contributed by atoms with Crippen molar-refractivity contribution in [3.63, 3.8) is 0 Å². The maximum Gasteiger partial charge on any atom is 0.180 e. The van der Waals surface area contributed by atoms with Gasteiger partial charge in [0.25, 0.3) is 0 Å². The molecule has 2 heterocycles. The van der Waals surface area contributed by atoms with Crippen molar-refractivity contribution in [3.05, 3.63) is 24.5 Å². The molecule has 0 fully saturated rings. The zero-order valence-electron chi connectivity index (χ0n) is 5.23. The van der Waals surface area contributed by atoms with Gasteiger partial charge in [-0.15, -0.1) is 5.10 Å². The molecule has 2 rings (SSSR count). The molecule has 2 aromatic rings. The van der Waals surface area contributed by atoms with Crippen LogP contribution in [0.4, 0.5) is 0 Å². The number of hydrogen-bond acceptors (Lipinski definition) is 3. The standard InChI is InChI=1S/C6H6N4/c7-10-4-2-5-1-3-8-9-6(5)10/h1-4H,7H2. The van der Waals surface area contributed by atoms with Crippen molar-refractivity contribution in [2.24, 2.45) is 0 Å². The van der Waals surface area contributed by atoms with Crippen LogP contribution in [0.3, 0.4) is 0 Å². The van der Waals surface area contributed by atoms with E-state index in [1.165, 1.54) is 4.68 Å². The van der Waals surface area contributed by atoms with E-state index in [1.807, 2.05) is 12.1 Å². The fraction of sp³-hybridized carbons (Fsp3) is 0. The highest BCUT2D eigenvalue weighted by Crippen LogP contribution is 2.06. The zero-order valence-corrected chi connectivity index (χ0v) is 5.23. The van der Waals surface area contributed by atoms with E-state index in [1.54, 1.807) is 12.4 Å². The first-order valence-corrected chi connectivity index (χ1v) is 2.92. The van der Waals surface area contributed by atoms with Gasteiger partial charge in [-0.05, 0) is 12.1 Å². The summed E-state index contributed by atoms with van der Waals surface area (Å²) in [6.07, 6.45) is 3.39. The minimum atomic E-state index is 0.711. The molecule has 0 aliphatic rings. The van der Waals surface area contributed by atoms with Gasteiger partial charge in [0.1, 0.15) is 0 Å². The van der Waals surface area contributed by atoms with E-state index >= 15 is 0 Å². The molecule has 0 saturated heterocycles. The van der Waals surface area contributed by atoms with Crippen LogP contribution in [-0.4, -0.2) is 14.9 Å². The van der Waals surface area contributed by atoms with Gasteiger partial charge in [-0.3, -0.25) is 4.68 Å². The fourth-order valence-electron chi connectivity index (χ4n) is 0.896. The minimum Gasteiger partial charge on any atom is -0.338 e. The molecule has 4 heteroatoms. The highest BCUT2D eigenvalue weighted by Gasteiger charge is 1.95. The smallest absolute Gasteiger partial charge is 0.180 e. The maximum absolute atomic E-state index is 5.49. The van der Waals surface area contributed by atoms with E-state index in [0.29, 0.717) is 5.65 Å². The third-order valence-corrected chi connectivity index (χ3v) is 1.39. The van der Waals surface area contributed by atoms with E-state index in [-0.39, 0.29) is 0 Å².